The van der Waals surface area contributed by atoms with Crippen molar-refractivity contribution < 1.29 is 27.8 Å². The predicted octanol–water partition coefficient (Wildman–Crippen LogP) is 5.24. The van der Waals surface area contributed by atoms with Gasteiger partial charge in [-0.3, -0.25) is 4.90 Å². The number of carbonyl (C=O) groups is 1. The van der Waals surface area contributed by atoms with Gasteiger partial charge in [0.25, 0.3) is 0 Å². The highest BCUT2D eigenvalue weighted by Crippen LogP contribution is 2.36. The van der Waals surface area contributed by atoms with E-state index in [1.54, 1.807) is 27.9 Å². The molecule has 1 amide bonds. The summed E-state index contributed by atoms with van der Waals surface area (Å²) in [5.41, 5.74) is 2.88. The first-order valence-corrected chi connectivity index (χ1v) is 12.6. The number of halogens is 2. The molecule has 9 heteroatoms. The normalized spacial score (nSPS) is 22.5. The van der Waals surface area contributed by atoms with E-state index in [1.807, 2.05) is 18.2 Å². The van der Waals surface area contributed by atoms with Crippen molar-refractivity contribution in [3.05, 3.63) is 64.9 Å². The Bertz CT molecular complexity index is 1300. The van der Waals surface area contributed by atoms with Crippen LogP contribution in [0.3, 0.4) is 0 Å². The van der Waals surface area contributed by atoms with Crippen molar-refractivity contribution in [1.82, 2.24) is 15.2 Å². The number of aromatic nitrogens is 1. The Kier molecular flexibility index (Phi) is 6.85. The first kappa shape index (κ1) is 25.5. The molecule has 2 N–H and O–H groups in total. The second kappa shape index (κ2) is 9.95. The van der Waals surface area contributed by atoms with E-state index in [1.165, 1.54) is 11.3 Å². The lowest BCUT2D eigenvalue weighted by Crippen LogP contribution is -2.53. The van der Waals surface area contributed by atoms with E-state index in [-0.39, 0.29) is 11.6 Å². The number of aromatic amines is 1. The lowest BCUT2D eigenvalue weighted by molar-refractivity contribution is -0.0641. The summed E-state index contributed by atoms with van der Waals surface area (Å²) in [5.74, 6) is -0.332. The summed E-state index contributed by atoms with van der Waals surface area (Å²) in [4.78, 5) is 18.5. The molecule has 0 radical (unpaired) electrons. The minimum atomic E-state index is -0.836. The molecule has 1 aromatic heterocycles. The highest BCUT2D eigenvalue weighted by Gasteiger charge is 2.39. The molecule has 0 bridgehead atoms. The molecule has 3 aromatic rings. The molecular weight excluding hydrogens is 480 g/mol. The number of nitrogens with one attached hydrogen (secondary N) is 2. The number of amides is 1. The monoisotopic (exact) mass is 513 g/mol. The number of ether oxygens (including phenoxy) is 3. The number of methoxy groups -OCH3 is 1. The van der Waals surface area contributed by atoms with Crippen LogP contribution in [0.1, 0.15) is 50.1 Å². The van der Waals surface area contributed by atoms with Crippen LogP contribution in [0.5, 0.6) is 5.75 Å². The van der Waals surface area contributed by atoms with E-state index in [0.29, 0.717) is 19.6 Å². The Labute approximate surface area is 215 Å². The Morgan fingerprint density at radius 1 is 1.19 bits per heavy atom. The molecule has 2 aromatic carbocycles. The highest BCUT2D eigenvalue weighted by atomic mass is 19.1. The molecule has 0 unspecified atom stereocenters. The van der Waals surface area contributed by atoms with Gasteiger partial charge in [0.05, 0.1) is 19.8 Å². The van der Waals surface area contributed by atoms with E-state index < -0.39 is 35.5 Å². The van der Waals surface area contributed by atoms with Crippen LogP contribution in [0, 0.1) is 11.6 Å². The molecule has 37 heavy (non-hydrogen) atoms. The number of H-pyrrole nitrogens is 1. The van der Waals surface area contributed by atoms with Crippen LogP contribution in [0.25, 0.3) is 10.9 Å². The molecule has 2 aliphatic heterocycles. The van der Waals surface area contributed by atoms with Crippen molar-refractivity contribution in [2.45, 2.75) is 63.9 Å². The molecule has 0 aliphatic carbocycles. The number of alkyl carbamates (subject to hydrolysis) is 1. The fourth-order valence-electron chi connectivity index (χ4n) is 5.36. The topological polar surface area (TPSA) is 75.8 Å². The molecule has 0 saturated carbocycles. The van der Waals surface area contributed by atoms with Gasteiger partial charge in [-0.25, -0.2) is 13.6 Å². The van der Waals surface area contributed by atoms with Gasteiger partial charge < -0.3 is 24.5 Å². The molecule has 3 atom stereocenters. The summed E-state index contributed by atoms with van der Waals surface area (Å²) in [6.07, 6.45) is -0.110. The van der Waals surface area contributed by atoms with Crippen LogP contribution >= 0.6 is 0 Å². The molecule has 3 heterocycles. The first-order chi connectivity index (χ1) is 17.6. The molecule has 1 fully saturated rings. The van der Waals surface area contributed by atoms with E-state index in [0.717, 1.165) is 47.8 Å². The van der Waals surface area contributed by atoms with Crippen LogP contribution in [0.15, 0.2) is 36.4 Å². The third-order valence-electron chi connectivity index (χ3n) is 7.05. The average Bonchev–Trinajstić information content (AvgIpc) is 3.21. The lowest BCUT2D eigenvalue weighted by Gasteiger charge is -2.43. The summed E-state index contributed by atoms with van der Waals surface area (Å²) >= 11 is 0. The zero-order valence-electron chi connectivity index (χ0n) is 21.6. The van der Waals surface area contributed by atoms with Crippen molar-refractivity contribution in [2.24, 2.45) is 0 Å². The summed E-state index contributed by atoms with van der Waals surface area (Å²) < 4.78 is 45.8. The maximum Gasteiger partial charge on any atom is 0.407 e. The second-order valence-corrected chi connectivity index (χ2v) is 10.8. The third kappa shape index (κ3) is 5.43. The number of rotatable bonds is 4. The lowest BCUT2D eigenvalue weighted by atomic mass is 9.91. The van der Waals surface area contributed by atoms with Gasteiger partial charge in [0.15, 0.2) is 0 Å². The van der Waals surface area contributed by atoms with E-state index in [2.05, 4.69) is 15.2 Å². The minimum absolute atomic E-state index is 0.0310. The van der Waals surface area contributed by atoms with Gasteiger partial charge in [-0.15, -0.1) is 0 Å². The van der Waals surface area contributed by atoms with E-state index in [9.17, 15) is 13.6 Å². The molecular formula is C28H33F2N3O4. The molecule has 2 aliphatic rings. The molecule has 198 valence electrons. The maximum absolute atomic E-state index is 14.7. The van der Waals surface area contributed by atoms with Crippen LogP contribution < -0.4 is 10.1 Å². The number of carbonyl (C=O) groups excluding carboxylic acids is 1. The van der Waals surface area contributed by atoms with Crippen molar-refractivity contribution >= 4 is 17.0 Å². The summed E-state index contributed by atoms with van der Waals surface area (Å²) in [7, 11) is 1.65. The summed E-state index contributed by atoms with van der Waals surface area (Å²) in [6, 6.07) is 8.67. The van der Waals surface area contributed by atoms with Gasteiger partial charge in [-0.05, 0) is 69.2 Å². The van der Waals surface area contributed by atoms with Gasteiger partial charge in [-0.2, -0.15) is 0 Å². The van der Waals surface area contributed by atoms with Gasteiger partial charge in [-0.1, -0.05) is 0 Å². The standard InChI is InChI=1S/C28H33F2N3O4/c1-28(2,3)37-27(34)32-25-12-17(15-36-26(25)20-11-16(29)5-7-22(20)30)33-10-9-24-21(14-33)19-13-18(35-4)6-8-23(19)31-24/h5-8,11,13,17,25-26,31H,9-10,12,14-15H2,1-4H3,(H,32,34)/t17-,25+,26-/m1/s1. The molecule has 0 spiro atoms. The molecule has 7 nitrogen and oxygen atoms in total. The van der Waals surface area contributed by atoms with Crippen LogP contribution in [-0.4, -0.2) is 53.9 Å². The third-order valence-corrected chi connectivity index (χ3v) is 7.05. The quantitative estimate of drug-likeness (QED) is 0.499. The van der Waals surface area contributed by atoms with Gasteiger partial charge in [0.1, 0.15) is 29.1 Å². The Morgan fingerprint density at radius 3 is 2.76 bits per heavy atom. The fraction of sp³-hybridized carbons (Fsp3) is 0.464. The molecule has 1 saturated heterocycles. The number of hydrogen-bond acceptors (Lipinski definition) is 5. The van der Waals surface area contributed by atoms with Crippen LogP contribution in [-0.2, 0) is 22.4 Å². The Balaban J connectivity index is 1.39. The predicted molar refractivity (Wildman–Crippen MR) is 136 cm³/mol. The van der Waals surface area contributed by atoms with Crippen molar-refractivity contribution in [1.29, 1.82) is 0 Å². The van der Waals surface area contributed by atoms with Gasteiger partial charge in [0, 0.05) is 47.7 Å². The maximum atomic E-state index is 14.7. The first-order valence-electron chi connectivity index (χ1n) is 12.6. The minimum Gasteiger partial charge on any atom is -0.497 e. The summed E-state index contributed by atoms with van der Waals surface area (Å²) in [5, 5.41) is 4.00. The number of benzene rings is 2. The SMILES string of the molecule is COc1ccc2[nH]c3c(c2c1)CN([C@H]1CO[C@H](c2cc(F)ccc2F)[C@@H](NC(=O)OC(C)(C)C)C1)CC3. The fourth-order valence-corrected chi connectivity index (χ4v) is 5.36. The average molecular weight is 514 g/mol. The van der Waals surface area contributed by atoms with Crippen LogP contribution in [0.2, 0.25) is 0 Å². The highest BCUT2D eigenvalue weighted by molar-refractivity contribution is 5.86. The number of hydrogen-bond donors (Lipinski definition) is 2. The van der Waals surface area contributed by atoms with E-state index in [4.69, 9.17) is 14.2 Å². The van der Waals surface area contributed by atoms with Crippen LogP contribution in [0.4, 0.5) is 13.6 Å². The number of fused-ring (bicyclic) bond motifs is 3. The second-order valence-electron chi connectivity index (χ2n) is 10.8. The zero-order chi connectivity index (χ0) is 26.3. The number of nitrogens with zero attached hydrogens (tertiary/aromatic N) is 1. The van der Waals surface area contributed by atoms with Gasteiger partial charge >= 0.3 is 6.09 Å². The van der Waals surface area contributed by atoms with Crippen molar-refractivity contribution in [3.8, 4) is 5.75 Å². The summed E-state index contributed by atoms with van der Waals surface area (Å²) in [6.45, 7) is 7.17. The smallest absolute Gasteiger partial charge is 0.407 e. The Hall–Kier alpha value is -3.17. The van der Waals surface area contributed by atoms with Crippen molar-refractivity contribution in [2.75, 3.05) is 20.3 Å². The van der Waals surface area contributed by atoms with E-state index >= 15 is 0 Å². The van der Waals surface area contributed by atoms with Gasteiger partial charge in [0.2, 0.25) is 0 Å². The Morgan fingerprint density at radius 2 is 2.00 bits per heavy atom. The van der Waals surface area contributed by atoms with Crippen molar-refractivity contribution in [3.63, 3.8) is 0 Å². The zero-order valence-corrected chi connectivity index (χ0v) is 21.6. The largest absolute Gasteiger partial charge is 0.497 e. The molecule has 5 rings (SSSR count).